The average molecular weight is 214 g/mol. The number of hydrogen-bond donors (Lipinski definition) is 1. The second-order valence-electron chi connectivity index (χ2n) is 3.48. The third-order valence-electron chi connectivity index (χ3n) is 2.00. The zero-order chi connectivity index (χ0) is 11.6. The number of halogens is 1. The monoisotopic (exact) mass is 214 g/mol. The van der Waals surface area contributed by atoms with Gasteiger partial charge in [0.05, 0.1) is 13.3 Å². The number of hydrogen-bond acceptors (Lipinski definition) is 4. The summed E-state index contributed by atoms with van der Waals surface area (Å²) in [4.78, 5) is 18.2. The molecule has 6 heteroatoms. The van der Waals surface area contributed by atoms with Gasteiger partial charge in [0.25, 0.3) is 5.88 Å². The summed E-state index contributed by atoms with van der Waals surface area (Å²) in [7, 11) is 1.25. The Kier molecular flexibility index (Phi) is 2.88. The molecule has 5 nitrogen and oxygen atoms in total. The average Bonchev–Trinajstić information content (AvgIpc) is 2.18. The molecule has 0 aliphatic rings. The van der Waals surface area contributed by atoms with Gasteiger partial charge >= 0.3 is 5.97 Å². The molecule has 0 fully saturated rings. The highest BCUT2D eigenvalue weighted by atomic mass is 19.1. The fraction of sp³-hybridized carbons (Fsp3) is 0.444. The van der Waals surface area contributed by atoms with Crippen molar-refractivity contribution >= 4 is 5.97 Å². The van der Waals surface area contributed by atoms with E-state index in [1.165, 1.54) is 21.0 Å². The molecular weight excluding hydrogens is 203 g/mol. The number of methoxy groups -OCH3 is 1. The molecule has 0 radical (unpaired) electrons. The van der Waals surface area contributed by atoms with Crippen LogP contribution >= 0.6 is 0 Å². The molecule has 0 saturated heterocycles. The second-order valence-corrected chi connectivity index (χ2v) is 3.48. The van der Waals surface area contributed by atoms with E-state index in [0.717, 1.165) is 6.20 Å². The molecule has 0 aromatic carbocycles. The number of carboxylic acid groups (broad SMARTS) is 1. The summed E-state index contributed by atoms with van der Waals surface area (Å²) in [6.07, 6.45) is 0.895. The van der Waals surface area contributed by atoms with Gasteiger partial charge in [0, 0.05) is 0 Å². The van der Waals surface area contributed by atoms with Crippen LogP contribution in [-0.4, -0.2) is 28.2 Å². The van der Waals surface area contributed by atoms with Gasteiger partial charge < -0.3 is 9.84 Å². The zero-order valence-electron chi connectivity index (χ0n) is 8.61. The lowest BCUT2D eigenvalue weighted by atomic mass is 9.93. The van der Waals surface area contributed by atoms with Crippen LogP contribution in [0.4, 0.5) is 4.39 Å². The first kappa shape index (κ1) is 11.4. The Morgan fingerprint density at radius 2 is 2.20 bits per heavy atom. The lowest BCUT2D eigenvalue weighted by molar-refractivity contribution is -0.142. The van der Waals surface area contributed by atoms with Gasteiger partial charge in [-0.3, -0.25) is 4.79 Å². The van der Waals surface area contributed by atoms with Crippen LogP contribution in [0.1, 0.15) is 19.7 Å². The molecule has 0 aliphatic carbocycles. The van der Waals surface area contributed by atoms with E-state index in [1.807, 2.05) is 0 Å². The standard InChI is InChI=1S/C9H11FN2O3/c1-9(2,8(13)14)7-11-4-5(10)6(12-7)15-3/h4H,1-3H3,(H,13,14). The molecule has 0 amide bonds. The summed E-state index contributed by atoms with van der Waals surface area (Å²) in [6, 6.07) is 0. The molecule has 15 heavy (non-hydrogen) atoms. The van der Waals surface area contributed by atoms with Crippen molar-refractivity contribution in [3.63, 3.8) is 0 Å². The Labute approximate surface area is 85.9 Å². The number of carboxylic acids is 1. The summed E-state index contributed by atoms with van der Waals surface area (Å²) in [5.41, 5.74) is -1.28. The molecule has 0 aliphatic heterocycles. The predicted molar refractivity (Wildman–Crippen MR) is 49.2 cm³/mol. The van der Waals surface area contributed by atoms with Crippen LogP contribution in [0.5, 0.6) is 5.88 Å². The van der Waals surface area contributed by atoms with Crippen LogP contribution in [-0.2, 0) is 10.2 Å². The minimum absolute atomic E-state index is 0.00764. The lowest BCUT2D eigenvalue weighted by Crippen LogP contribution is -2.31. The van der Waals surface area contributed by atoms with Crippen LogP contribution in [0, 0.1) is 5.82 Å². The number of rotatable bonds is 3. The van der Waals surface area contributed by atoms with Gasteiger partial charge in [0.1, 0.15) is 11.2 Å². The molecule has 1 aromatic heterocycles. The van der Waals surface area contributed by atoms with Crippen LogP contribution in [0.3, 0.4) is 0 Å². The first-order chi connectivity index (χ1) is 6.89. The van der Waals surface area contributed by atoms with Crippen molar-refractivity contribution in [1.82, 2.24) is 9.97 Å². The fourth-order valence-corrected chi connectivity index (χ4v) is 0.891. The summed E-state index contributed by atoms with van der Waals surface area (Å²) >= 11 is 0. The third kappa shape index (κ3) is 2.03. The van der Waals surface area contributed by atoms with Gasteiger partial charge in [-0.25, -0.2) is 4.98 Å². The summed E-state index contributed by atoms with van der Waals surface area (Å²) in [6.45, 7) is 2.87. The molecule has 1 rings (SSSR count). The number of aliphatic carboxylic acids is 1. The Bertz CT molecular complexity index is 393. The molecule has 0 unspecified atom stereocenters. The highest BCUT2D eigenvalue weighted by Crippen LogP contribution is 2.22. The van der Waals surface area contributed by atoms with E-state index in [2.05, 4.69) is 14.7 Å². The van der Waals surface area contributed by atoms with E-state index in [9.17, 15) is 9.18 Å². The molecule has 1 aromatic rings. The molecule has 0 spiro atoms. The van der Waals surface area contributed by atoms with Crippen molar-refractivity contribution in [2.45, 2.75) is 19.3 Å². The normalized spacial score (nSPS) is 11.2. The molecule has 82 valence electrons. The molecular formula is C9H11FN2O3. The van der Waals surface area contributed by atoms with Gasteiger partial charge in [0.15, 0.2) is 0 Å². The van der Waals surface area contributed by atoms with E-state index in [0.29, 0.717) is 0 Å². The highest BCUT2D eigenvalue weighted by molar-refractivity contribution is 5.78. The number of ether oxygens (including phenoxy) is 1. The molecule has 0 saturated carbocycles. The number of aromatic nitrogens is 2. The molecule has 0 atom stereocenters. The van der Waals surface area contributed by atoms with E-state index >= 15 is 0 Å². The van der Waals surface area contributed by atoms with Gasteiger partial charge in [-0.05, 0) is 13.8 Å². The van der Waals surface area contributed by atoms with Crippen LogP contribution in [0.15, 0.2) is 6.20 Å². The van der Waals surface area contributed by atoms with Crippen molar-refractivity contribution in [3.05, 3.63) is 17.8 Å². The van der Waals surface area contributed by atoms with Crippen molar-refractivity contribution in [2.24, 2.45) is 0 Å². The van der Waals surface area contributed by atoms with Gasteiger partial charge in [-0.15, -0.1) is 0 Å². The lowest BCUT2D eigenvalue weighted by Gasteiger charge is -2.17. The maximum atomic E-state index is 13.0. The topological polar surface area (TPSA) is 72.3 Å². The third-order valence-corrected chi connectivity index (χ3v) is 2.00. The van der Waals surface area contributed by atoms with Crippen molar-refractivity contribution < 1.29 is 19.0 Å². The minimum Gasteiger partial charge on any atom is -0.481 e. The van der Waals surface area contributed by atoms with Gasteiger partial charge in [-0.2, -0.15) is 9.37 Å². The van der Waals surface area contributed by atoms with E-state index in [-0.39, 0.29) is 11.7 Å². The Balaban J connectivity index is 3.22. The maximum Gasteiger partial charge on any atom is 0.316 e. The Morgan fingerprint density at radius 1 is 1.60 bits per heavy atom. The Morgan fingerprint density at radius 3 is 2.67 bits per heavy atom. The first-order valence-electron chi connectivity index (χ1n) is 4.20. The molecule has 0 bridgehead atoms. The summed E-state index contributed by atoms with van der Waals surface area (Å²) < 4.78 is 17.6. The number of carbonyl (C=O) groups is 1. The van der Waals surface area contributed by atoms with Crippen LogP contribution < -0.4 is 4.74 Å². The summed E-state index contributed by atoms with van der Waals surface area (Å²) in [5.74, 6) is -2.05. The van der Waals surface area contributed by atoms with Crippen molar-refractivity contribution in [3.8, 4) is 5.88 Å². The van der Waals surface area contributed by atoms with Crippen LogP contribution in [0.2, 0.25) is 0 Å². The van der Waals surface area contributed by atoms with Crippen LogP contribution in [0.25, 0.3) is 0 Å². The largest absolute Gasteiger partial charge is 0.481 e. The number of nitrogens with zero attached hydrogens (tertiary/aromatic N) is 2. The molecule has 1 N–H and O–H groups in total. The fourth-order valence-electron chi connectivity index (χ4n) is 0.891. The maximum absolute atomic E-state index is 13.0. The van der Waals surface area contributed by atoms with E-state index in [1.54, 1.807) is 0 Å². The second kappa shape index (κ2) is 3.80. The van der Waals surface area contributed by atoms with Gasteiger partial charge in [0.2, 0.25) is 5.82 Å². The predicted octanol–water partition coefficient (Wildman–Crippen LogP) is 0.986. The Hall–Kier alpha value is -1.72. The zero-order valence-corrected chi connectivity index (χ0v) is 8.61. The van der Waals surface area contributed by atoms with Crippen molar-refractivity contribution in [1.29, 1.82) is 0 Å². The smallest absolute Gasteiger partial charge is 0.316 e. The molecule has 1 heterocycles. The van der Waals surface area contributed by atoms with Gasteiger partial charge in [-0.1, -0.05) is 0 Å². The highest BCUT2D eigenvalue weighted by Gasteiger charge is 2.33. The first-order valence-corrected chi connectivity index (χ1v) is 4.20. The van der Waals surface area contributed by atoms with Crippen molar-refractivity contribution in [2.75, 3.05) is 7.11 Å². The summed E-state index contributed by atoms with van der Waals surface area (Å²) in [5, 5.41) is 8.91. The van der Waals surface area contributed by atoms with E-state index in [4.69, 9.17) is 5.11 Å². The quantitative estimate of drug-likeness (QED) is 0.812. The minimum atomic E-state index is -1.28. The SMILES string of the molecule is COc1nc(C(C)(C)C(=O)O)ncc1F. The van der Waals surface area contributed by atoms with E-state index < -0.39 is 17.2 Å².